The second kappa shape index (κ2) is 14.2. The number of carbonyl (C=O) groups is 1. The lowest BCUT2D eigenvalue weighted by Gasteiger charge is -2.24. The third-order valence-corrected chi connectivity index (χ3v) is 8.99. The van der Waals surface area contributed by atoms with E-state index in [0.717, 1.165) is 15.6 Å². The lowest BCUT2D eigenvalue weighted by Crippen LogP contribution is -2.39. The van der Waals surface area contributed by atoms with Crippen molar-refractivity contribution in [2.75, 3.05) is 20.3 Å². The Morgan fingerprint density at radius 1 is 1.07 bits per heavy atom. The molecule has 0 fully saturated rings. The topological polar surface area (TPSA) is 88.4 Å². The zero-order chi connectivity index (χ0) is 32.2. The van der Waals surface area contributed by atoms with Gasteiger partial charge in [0.2, 0.25) is 0 Å². The lowest BCUT2D eigenvalue weighted by atomic mass is 9.96. The van der Waals surface area contributed by atoms with Gasteiger partial charge in [-0.3, -0.25) is 9.36 Å². The molecule has 8 nitrogen and oxygen atoms in total. The highest BCUT2D eigenvalue weighted by Gasteiger charge is 2.33. The number of allylic oxidation sites excluding steroid dienone is 1. The molecule has 0 saturated carbocycles. The number of ether oxygens (including phenoxy) is 4. The fraction of sp³-hybridized carbons (Fsp3) is 0.242. The third-order valence-electron chi connectivity index (χ3n) is 6.97. The Morgan fingerprint density at radius 2 is 1.82 bits per heavy atom. The molecule has 5 rings (SSSR count). The van der Waals surface area contributed by atoms with E-state index in [1.165, 1.54) is 23.0 Å². The first-order valence-corrected chi connectivity index (χ1v) is 16.4. The summed E-state index contributed by atoms with van der Waals surface area (Å²) in [6.07, 6.45) is 1.73. The summed E-state index contributed by atoms with van der Waals surface area (Å²) >= 11 is 17.2. The van der Waals surface area contributed by atoms with Crippen LogP contribution in [0.4, 0.5) is 0 Å². The highest BCUT2D eigenvalue weighted by Crippen LogP contribution is 2.37. The zero-order valence-corrected chi connectivity index (χ0v) is 28.8. The van der Waals surface area contributed by atoms with Crippen molar-refractivity contribution in [3.63, 3.8) is 0 Å². The van der Waals surface area contributed by atoms with Crippen molar-refractivity contribution < 1.29 is 23.7 Å². The summed E-state index contributed by atoms with van der Waals surface area (Å²) in [5, 5.41) is 0.987. The lowest BCUT2D eigenvalue weighted by molar-refractivity contribution is -0.139. The van der Waals surface area contributed by atoms with Crippen molar-refractivity contribution in [2.24, 2.45) is 4.99 Å². The SMILES string of the molecule is CCOC(=O)C1=C(C)N=c2s/c(=C\c3cc(Br)cc(OC)c3OCc3ccc(Cl)cc3Cl)c(=O)n2[C@H]1c1ccc(OCC)cc1. The van der Waals surface area contributed by atoms with Gasteiger partial charge in [-0.1, -0.05) is 68.7 Å². The first kappa shape index (κ1) is 32.8. The highest BCUT2D eigenvalue weighted by molar-refractivity contribution is 9.10. The molecule has 1 atom stereocenters. The minimum atomic E-state index is -0.752. The largest absolute Gasteiger partial charge is 0.494 e. The predicted octanol–water partition coefficient (Wildman–Crippen LogP) is 6.85. The van der Waals surface area contributed by atoms with Gasteiger partial charge in [-0.25, -0.2) is 9.79 Å². The Kier molecular flexibility index (Phi) is 10.4. The maximum atomic E-state index is 14.2. The van der Waals surface area contributed by atoms with Crippen LogP contribution in [0, 0.1) is 0 Å². The van der Waals surface area contributed by atoms with E-state index in [-0.39, 0.29) is 18.8 Å². The molecule has 12 heteroatoms. The van der Waals surface area contributed by atoms with Gasteiger partial charge < -0.3 is 18.9 Å². The molecule has 0 aliphatic carbocycles. The predicted molar refractivity (Wildman–Crippen MR) is 179 cm³/mol. The molecule has 2 heterocycles. The second-order valence-corrected chi connectivity index (χ2v) is 12.6. The minimum Gasteiger partial charge on any atom is -0.494 e. The summed E-state index contributed by atoms with van der Waals surface area (Å²) in [6, 6.07) is 15.4. The van der Waals surface area contributed by atoms with Gasteiger partial charge in [-0.2, -0.15) is 0 Å². The monoisotopic (exact) mass is 730 g/mol. The van der Waals surface area contributed by atoms with Crippen LogP contribution in [-0.4, -0.2) is 30.9 Å². The molecule has 45 heavy (non-hydrogen) atoms. The Labute approximate surface area is 282 Å². The van der Waals surface area contributed by atoms with E-state index in [1.807, 2.05) is 37.3 Å². The van der Waals surface area contributed by atoms with Crippen LogP contribution in [0.3, 0.4) is 0 Å². The number of fused-ring (bicyclic) bond motifs is 1. The van der Waals surface area contributed by atoms with Gasteiger partial charge in [-0.15, -0.1) is 0 Å². The van der Waals surface area contributed by atoms with Crippen LogP contribution in [0.25, 0.3) is 6.08 Å². The summed E-state index contributed by atoms with van der Waals surface area (Å²) in [7, 11) is 1.54. The molecule has 1 aliphatic rings. The Balaban J connectivity index is 1.65. The summed E-state index contributed by atoms with van der Waals surface area (Å²) in [6.45, 7) is 6.22. The summed E-state index contributed by atoms with van der Waals surface area (Å²) in [4.78, 5) is 32.5. The summed E-state index contributed by atoms with van der Waals surface area (Å²) < 4.78 is 25.5. The molecule has 0 radical (unpaired) electrons. The fourth-order valence-corrected chi connectivity index (χ4v) is 6.91. The molecule has 0 N–H and O–H groups in total. The van der Waals surface area contributed by atoms with E-state index < -0.39 is 12.0 Å². The molecule has 3 aromatic carbocycles. The molecule has 0 bridgehead atoms. The number of hydrogen-bond donors (Lipinski definition) is 0. The number of hydrogen-bond acceptors (Lipinski definition) is 8. The van der Waals surface area contributed by atoms with E-state index in [4.69, 9.17) is 42.1 Å². The van der Waals surface area contributed by atoms with Crippen molar-refractivity contribution in [2.45, 2.75) is 33.4 Å². The number of thiazole rings is 1. The number of nitrogens with zero attached hydrogens (tertiary/aromatic N) is 2. The molecule has 0 amide bonds. The van der Waals surface area contributed by atoms with Gasteiger partial charge in [0.05, 0.1) is 42.2 Å². The number of benzene rings is 3. The molecule has 0 spiro atoms. The maximum Gasteiger partial charge on any atom is 0.338 e. The van der Waals surface area contributed by atoms with E-state index in [2.05, 4.69) is 20.9 Å². The van der Waals surface area contributed by atoms with Crippen molar-refractivity contribution in [1.82, 2.24) is 4.57 Å². The molecule has 1 aromatic heterocycles. The third kappa shape index (κ3) is 6.99. The van der Waals surface area contributed by atoms with Crippen LogP contribution in [0.15, 0.2) is 80.1 Å². The fourth-order valence-electron chi connectivity index (χ4n) is 4.95. The van der Waals surface area contributed by atoms with Crippen molar-refractivity contribution in [3.8, 4) is 17.2 Å². The number of esters is 1. The normalized spacial score (nSPS) is 14.6. The van der Waals surface area contributed by atoms with Crippen molar-refractivity contribution in [3.05, 3.63) is 117 Å². The van der Waals surface area contributed by atoms with Gasteiger partial charge in [0.25, 0.3) is 5.56 Å². The number of aromatic nitrogens is 1. The number of rotatable bonds is 10. The van der Waals surface area contributed by atoms with E-state index in [1.54, 1.807) is 44.2 Å². The quantitative estimate of drug-likeness (QED) is 0.166. The second-order valence-electron chi connectivity index (χ2n) is 9.86. The van der Waals surface area contributed by atoms with Crippen LogP contribution in [0.1, 0.15) is 43.5 Å². The molecule has 1 aliphatic heterocycles. The minimum absolute atomic E-state index is 0.135. The van der Waals surface area contributed by atoms with Crippen LogP contribution >= 0.6 is 50.5 Å². The standard InChI is InChI=1S/C33H29BrCl2N2O6S/c1-5-42-24-11-8-19(9-12-24)29-28(32(40)43-6-2)18(3)37-33-38(29)31(39)27(45-33)14-21-13-22(34)15-26(41-4)30(21)44-17-20-7-10-23(35)16-25(20)36/h7-16,29H,5-6,17H2,1-4H3/b27-14-/t29-/m0/s1. The Bertz CT molecular complexity index is 1970. The number of halogens is 3. The van der Waals surface area contributed by atoms with Crippen molar-refractivity contribution in [1.29, 1.82) is 0 Å². The Morgan fingerprint density at radius 3 is 2.49 bits per heavy atom. The number of methoxy groups -OCH3 is 1. The van der Waals surface area contributed by atoms with Gasteiger partial charge in [0.15, 0.2) is 16.3 Å². The van der Waals surface area contributed by atoms with Gasteiger partial charge in [0.1, 0.15) is 12.4 Å². The van der Waals surface area contributed by atoms with Gasteiger partial charge in [0, 0.05) is 25.6 Å². The van der Waals surface area contributed by atoms with E-state index in [9.17, 15) is 9.59 Å². The zero-order valence-electron chi connectivity index (χ0n) is 24.9. The summed E-state index contributed by atoms with van der Waals surface area (Å²) in [5.41, 5.74) is 2.50. The molecule has 4 aromatic rings. The van der Waals surface area contributed by atoms with Crippen LogP contribution in [0.2, 0.25) is 10.0 Å². The first-order valence-electron chi connectivity index (χ1n) is 14.0. The van der Waals surface area contributed by atoms with Crippen LogP contribution < -0.4 is 29.1 Å². The molecule has 0 unspecified atom stereocenters. The summed E-state index contributed by atoms with van der Waals surface area (Å²) in [5.74, 6) is 1.04. The molecule has 0 saturated heterocycles. The highest BCUT2D eigenvalue weighted by atomic mass is 79.9. The average Bonchev–Trinajstić information content (AvgIpc) is 3.30. The molecule has 234 valence electrons. The van der Waals surface area contributed by atoms with Crippen LogP contribution in [0.5, 0.6) is 17.2 Å². The van der Waals surface area contributed by atoms with Crippen LogP contribution in [-0.2, 0) is 16.1 Å². The average molecular weight is 732 g/mol. The van der Waals surface area contributed by atoms with Gasteiger partial charge >= 0.3 is 5.97 Å². The van der Waals surface area contributed by atoms with Crippen molar-refractivity contribution >= 4 is 62.5 Å². The smallest absolute Gasteiger partial charge is 0.338 e. The van der Waals surface area contributed by atoms with Gasteiger partial charge in [-0.05, 0) is 68.8 Å². The van der Waals surface area contributed by atoms with E-state index >= 15 is 0 Å². The Hall–Kier alpha value is -3.57. The molecular formula is C33H29BrCl2N2O6S. The maximum absolute atomic E-state index is 14.2. The first-order chi connectivity index (χ1) is 21.6. The molecular weight excluding hydrogens is 703 g/mol. The number of carbonyl (C=O) groups excluding carboxylic acids is 1. The van der Waals surface area contributed by atoms with E-state index in [0.29, 0.717) is 60.1 Å².